The Morgan fingerprint density at radius 3 is 0.837 bits per heavy atom. The summed E-state index contributed by atoms with van der Waals surface area (Å²) in [6, 6.07) is 25.6. The number of rotatable bonds is 14. The summed E-state index contributed by atoms with van der Waals surface area (Å²) >= 11 is 0. The first-order valence-electron chi connectivity index (χ1n) is 15.4. The third kappa shape index (κ3) is 7.17. The van der Waals surface area contributed by atoms with E-state index in [0.29, 0.717) is 26.4 Å². The third-order valence-corrected chi connectivity index (χ3v) is 13.8. The molecule has 4 rings (SSSR count). The predicted molar refractivity (Wildman–Crippen MR) is 183 cm³/mol. The van der Waals surface area contributed by atoms with E-state index in [0.717, 1.165) is 66.0 Å². The SMILES string of the molecule is CCOc1c(C)cccc1[SiH](O[SiH](c1cccc(C)c1OCC)c1cccc(C)c1OCC)c1cccc(C)c1OCC. The van der Waals surface area contributed by atoms with E-state index < -0.39 is 18.1 Å². The molecule has 0 heterocycles. The van der Waals surface area contributed by atoms with Crippen molar-refractivity contribution in [3.8, 4) is 23.0 Å². The van der Waals surface area contributed by atoms with E-state index in [-0.39, 0.29) is 0 Å². The number of benzene rings is 4. The fraction of sp³-hybridized carbons (Fsp3) is 0.333. The van der Waals surface area contributed by atoms with E-state index in [1.807, 2.05) is 27.7 Å². The molecule has 7 heteroatoms. The largest absolute Gasteiger partial charge is 0.494 e. The molecule has 228 valence electrons. The number of ether oxygens (including phenoxy) is 4. The first kappa shape index (κ1) is 32.4. The first-order valence-corrected chi connectivity index (χ1v) is 18.7. The minimum Gasteiger partial charge on any atom is -0.494 e. The summed E-state index contributed by atoms with van der Waals surface area (Å²) in [4.78, 5) is 0. The molecule has 0 aliphatic carbocycles. The highest BCUT2D eigenvalue weighted by molar-refractivity contribution is 6.93. The second-order valence-electron chi connectivity index (χ2n) is 10.6. The molecular formula is C36H46O5Si2. The fourth-order valence-electron chi connectivity index (χ4n) is 5.66. The lowest BCUT2D eigenvalue weighted by atomic mass is 10.2. The molecule has 0 amide bonds. The van der Waals surface area contributed by atoms with Crippen LogP contribution in [0.25, 0.3) is 0 Å². The lowest BCUT2D eigenvalue weighted by Gasteiger charge is -2.30. The van der Waals surface area contributed by atoms with Gasteiger partial charge in [0.1, 0.15) is 23.0 Å². The highest BCUT2D eigenvalue weighted by atomic mass is 28.4. The molecule has 43 heavy (non-hydrogen) atoms. The van der Waals surface area contributed by atoms with E-state index in [4.69, 9.17) is 23.1 Å². The smallest absolute Gasteiger partial charge is 0.236 e. The molecule has 0 N–H and O–H groups in total. The van der Waals surface area contributed by atoms with Gasteiger partial charge in [0.25, 0.3) is 0 Å². The summed E-state index contributed by atoms with van der Waals surface area (Å²) in [7, 11) is -4.92. The van der Waals surface area contributed by atoms with E-state index in [1.165, 1.54) is 0 Å². The Morgan fingerprint density at radius 2 is 0.628 bits per heavy atom. The summed E-state index contributed by atoms with van der Waals surface area (Å²) in [6.45, 7) is 18.9. The van der Waals surface area contributed by atoms with Gasteiger partial charge in [-0.05, 0) is 77.6 Å². The quantitative estimate of drug-likeness (QED) is 0.189. The molecule has 4 aromatic rings. The molecule has 0 saturated heterocycles. The van der Waals surface area contributed by atoms with Crippen LogP contribution in [-0.4, -0.2) is 44.5 Å². The Bertz CT molecular complexity index is 1300. The Kier molecular flexibility index (Phi) is 11.5. The number of hydrogen-bond acceptors (Lipinski definition) is 5. The monoisotopic (exact) mass is 614 g/mol. The number of para-hydroxylation sites is 4. The summed E-state index contributed by atoms with van der Waals surface area (Å²) in [5.41, 5.74) is 4.39. The highest BCUT2D eigenvalue weighted by Crippen LogP contribution is 2.24. The van der Waals surface area contributed by atoms with Gasteiger partial charge in [-0.25, -0.2) is 0 Å². The Balaban J connectivity index is 2.06. The Morgan fingerprint density at radius 1 is 0.395 bits per heavy atom. The fourth-order valence-corrected chi connectivity index (χ4v) is 13.1. The summed E-state index contributed by atoms with van der Waals surface area (Å²) in [6.07, 6.45) is 0. The standard InChI is InChI=1S/C36H46O5Si2/c1-9-37-33-25(5)17-13-21-29(33)42(30-22-14-18-26(6)34(30)38-10-2)41-43(31-23-15-19-27(7)35(31)39-11-3)32-24-16-20-28(8)36(32)40-12-4/h13-24,42-43H,9-12H2,1-8H3. The minimum absolute atomic E-state index is 0.574. The maximum atomic E-state index is 7.72. The predicted octanol–water partition coefficient (Wildman–Crippen LogP) is 4.91. The zero-order valence-electron chi connectivity index (χ0n) is 27.0. The van der Waals surface area contributed by atoms with Gasteiger partial charge in [0, 0.05) is 20.7 Å². The van der Waals surface area contributed by atoms with Gasteiger partial charge < -0.3 is 23.1 Å². The van der Waals surface area contributed by atoms with Crippen LogP contribution in [0.15, 0.2) is 72.8 Å². The van der Waals surface area contributed by atoms with E-state index >= 15 is 0 Å². The average Bonchev–Trinajstić information content (AvgIpc) is 2.99. The zero-order valence-corrected chi connectivity index (χ0v) is 29.3. The highest BCUT2D eigenvalue weighted by Gasteiger charge is 2.35. The van der Waals surface area contributed by atoms with Crippen molar-refractivity contribution in [1.29, 1.82) is 0 Å². The second kappa shape index (κ2) is 15.3. The van der Waals surface area contributed by atoms with Crippen molar-refractivity contribution in [2.75, 3.05) is 26.4 Å². The molecule has 5 nitrogen and oxygen atoms in total. The minimum atomic E-state index is -2.46. The van der Waals surface area contributed by atoms with Crippen LogP contribution >= 0.6 is 0 Å². The number of hydrogen-bond donors (Lipinski definition) is 0. The maximum absolute atomic E-state index is 7.72. The lowest BCUT2D eigenvalue weighted by Crippen LogP contribution is -2.57. The maximum Gasteiger partial charge on any atom is 0.236 e. The van der Waals surface area contributed by atoms with E-state index in [1.54, 1.807) is 0 Å². The summed E-state index contributed by atoms with van der Waals surface area (Å²) in [5.74, 6) is 3.62. The summed E-state index contributed by atoms with van der Waals surface area (Å²) < 4.78 is 33.1. The number of aryl methyl sites for hydroxylation is 4. The van der Waals surface area contributed by atoms with E-state index in [2.05, 4.69) is 100 Å². The lowest BCUT2D eigenvalue weighted by molar-refractivity contribution is 0.338. The van der Waals surface area contributed by atoms with Crippen molar-refractivity contribution in [3.63, 3.8) is 0 Å². The third-order valence-electron chi connectivity index (χ3n) is 7.53. The van der Waals surface area contributed by atoms with Crippen LogP contribution < -0.4 is 39.7 Å². The van der Waals surface area contributed by atoms with Crippen LogP contribution in [0.1, 0.15) is 49.9 Å². The zero-order chi connectivity index (χ0) is 30.9. The van der Waals surface area contributed by atoms with Crippen molar-refractivity contribution in [2.45, 2.75) is 55.4 Å². The van der Waals surface area contributed by atoms with Crippen molar-refractivity contribution in [1.82, 2.24) is 0 Å². The van der Waals surface area contributed by atoms with Crippen LogP contribution in [0.4, 0.5) is 0 Å². The van der Waals surface area contributed by atoms with Gasteiger partial charge in [-0.2, -0.15) is 0 Å². The average molecular weight is 615 g/mol. The molecule has 0 aromatic heterocycles. The van der Waals surface area contributed by atoms with Crippen LogP contribution in [0.3, 0.4) is 0 Å². The second-order valence-corrected chi connectivity index (χ2v) is 15.7. The molecule has 0 bridgehead atoms. The van der Waals surface area contributed by atoms with Crippen LogP contribution in [0.2, 0.25) is 0 Å². The van der Waals surface area contributed by atoms with Crippen molar-refractivity contribution in [3.05, 3.63) is 95.1 Å². The van der Waals surface area contributed by atoms with Gasteiger partial charge >= 0.3 is 0 Å². The van der Waals surface area contributed by atoms with Gasteiger partial charge in [-0.15, -0.1) is 0 Å². The van der Waals surface area contributed by atoms with Gasteiger partial charge in [0.15, 0.2) is 0 Å². The summed E-state index contributed by atoms with van der Waals surface area (Å²) in [5, 5.41) is 4.45. The van der Waals surface area contributed by atoms with Crippen molar-refractivity contribution >= 4 is 38.8 Å². The van der Waals surface area contributed by atoms with Crippen LogP contribution in [0.5, 0.6) is 23.0 Å². The Labute approximate surface area is 261 Å². The molecule has 0 saturated carbocycles. The normalized spacial score (nSPS) is 11.2. The molecule has 0 atom stereocenters. The first-order chi connectivity index (χ1) is 20.9. The molecule has 0 spiro atoms. The van der Waals surface area contributed by atoms with Gasteiger partial charge in [0.05, 0.1) is 26.4 Å². The Hall–Kier alpha value is -3.53. The van der Waals surface area contributed by atoms with E-state index in [9.17, 15) is 0 Å². The van der Waals surface area contributed by atoms with Crippen molar-refractivity contribution < 1.29 is 23.1 Å². The molecule has 0 aliphatic heterocycles. The van der Waals surface area contributed by atoms with Crippen LogP contribution in [-0.2, 0) is 4.12 Å². The van der Waals surface area contributed by atoms with Crippen molar-refractivity contribution in [2.24, 2.45) is 0 Å². The molecular weight excluding hydrogens is 569 g/mol. The molecule has 0 aliphatic rings. The van der Waals surface area contributed by atoms with Gasteiger partial charge in [0.2, 0.25) is 18.1 Å². The molecule has 0 unspecified atom stereocenters. The molecule has 0 fully saturated rings. The van der Waals surface area contributed by atoms with Gasteiger partial charge in [-0.3, -0.25) is 0 Å². The molecule has 0 radical (unpaired) electrons. The van der Waals surface area contributed by atoms with Crippen LogP contribution in [0, 0.1) is 27.7 Å². The molecule has 4 aromatic carbocycles. The van der Waals surface area contributed by atoms with Gasteiger partial charge in [-0.1, -0.05) is 72.8 Å². The topological polar surface area (TPSA) is 46.2 Å².